The van der Waals surface area contributed by atoms with Crippen LogP contribution in [0.25, 0.3) is 0 Å². The Balaban J connectivity index is 2.58. The first-order valence-corrected chi connectivity index (χ1v) is 6.41. The highest BCUT2D eigenvalue weighted by molar-refractivity contribution is 5.40. The van der Waals surface area contributed by atoms with E-state index >= 15 is 0 Å². The van der Waals surface area contributed by atoms with E-state index < -0.39 is 0 Å². The molecule has 1 aromatic rings. The van der Waals surface area contributed by atoms with Crippen LogP contribution in [0, 0.1) is 5.92 Å². The molecule has 4 heteroatoms. The van der Waals surface area contributed by atoms with E-state index in [-0.39, 0.29) is 0 Å². The van der Waals surface area contributed by atoms with Crippen molar-refractivity contribution < 1.29 is 0 Å². The molecule has 0 saturated carbocycles. The molecule has 0 unspecified atom stereocenters. The molecule has 0 aromatic carbocycles. The summed E-state index contributed by atoms with van der Waals surface area (Å²) in [6.45, 7) is 8.50. The predicted octanol–water partition coefficient (Wildman–Crippen LogP) is 2.78. The molecule has 0 amide bonds. The Bertz CT molecular complexity index is 325. The van der Waals surface area contributed by atoms with Crippen LogP contribution in [-0.4, -0.2) is 30.1 Å². The summed E-state index contributed by atoms with van der Waals surface area (Å²) in [6, 6.07) is 1.92. The molecule has 0 bridgehead atoms. The van der Waals surface area contributed by atoms with Crippen molar-refractivity contribution in [3.8, 4) is 0 Å². The first-order valence-electron chi connectivity index (χ1n) is 6.41. The van der Waals surface area contributed by atoms with Gasteiger partial charge in [-0.1, -0.05) is 27.2 Å². The average molecular weight is 236 g/mol. The molecule has 1 aromatic heterocycles. The zero-order chi connectivity index (χ0) is 12.7. The lowest BCUT2D eigenvalue weighted by Gasteiger charge is -2.17. The van der Waals surface area contributed by atoms with Gasteiger partial charge in [0.25, 0.3) is 0 Å². The van der Waals surface area contributed by atoms with E-state index in [0.717, 1.165) is 24.9 Å². The second-order valence-corrected chi connectivity index (χ2v) is 4.79. The number of rotatable bonds is 7. The number of aromatic nitrogens is 2. The summed E-state index contributed by atoms with van der Waals surface area (Å²) in [5.74, 6) is 2.32. The molecule has 17 heavy (non-hydrogen) atoms. The summed E-state index contributed by atoms with van der Waals surface area (Å²) in [7, 11) is 2.04. The maximum Gasteiger partial charge on any atom is 0.226 e. The van der Waals surface area contributed by atoms with Crippen molar-refractivity contribution in [3.63, 3.8) is 0 Å². The molecule has 0 aliphatic rings. The van der Waals surface area contributed by atoms with E-state index in [1.807, 2.05) is 19.3 Å². The summed E-state index contributed by atoms with van der Waals surface area (Å²) >= 11 is 0. The fourth-order valence-corrected chi connectivity index (χ4v) is 1.43. The average Bonchev–Trinajstić information content (AvgIpc) is 2.33. The molecule has 1 rings (SSSR count). The standard InChI is InChI=1S/C13H24N4/c1-5-6-9-17(4)13-14-8-7-12(16-13)15-10-11(2)3/h7-8,11H,5-6,9-10H2,1-4H3,(H,14,15,16). The zero-order valence-corrected chi connectivity index (χ0v) is 11.4. The maximum absolute atomic E-state index is 4.50. The first-order chi connectivity index (χ1) is 8.13. The number of nitrogens with one attached hydrogen (secondary N) is 1. The predicted molar refractivity (Wildman–Crippen MR) is 73.5 cm³/mol. The van der Waals surface area contributed by atoms with Crippen LogP contribution in [0.15, 0.2) is 12.3 Å². The lowest BCUT2D eigenvalue weighted by molar-refractivity contribution is 0.686. The van der Waals surface area contributed by atoms with Crippen molar-refractivity contribution in [2.45, 2.75) is 33.6 Å². The Morgan fingerprint density at radius 2 is 2.18 bits per heavy atom. The van der Waals surface area contributed by atoms with Crippen LogP contribution in [0.5, 0.6) is 0 Å². The maximum atomic E-state index is 4.50. The van der Waals surface area contributed by atoms with Gasteiger partial charge < -0.3 is 10.2 Å². The molecule has 0 radical (unpaired) electrons. The van der Waals surface area contributed by atoms with E-state index in [4.69, 9.17) is 0 Å². The van der Waals surface area contributed by atoms with Crippen LogP contribution in [0.4, 0.5) is 11.8 Å². The third kappa shape index (κ3) is 5.02. The minimum Gasteiger partial charge on any atom is -0.370 e. The third-order valence-corrected chi connectivity index (χ3v) is 2.52. The van der Waals surface area contributed by atoms with Crippen molar-refractivity contribution >= 4 is 11.8 Å². The topological polar surface area (TPSA) is 41.1 Å². The highest BCUT2D eigenvalue weighted by Crippen LogP contribution is 2.10. The second kappa shape index (κ2) is 7.09. The summed E-state index contributed by atoms with van der Waals surface area (Å²) in [6.07, 6.45) is 4.17. The molecule has 0 aliphatic heterocycles. The van der Waals surface area contributed by atoms with Gasteiger partial charge in [-0.25, -0.2) is 4.98 Å². The molecular formula is C13H24N4. The number of hydrogen-bond acceptors (Lipinski definition) is 4. The Labute approximate surface area is 104 Å². The largest absolute Gasteiger partial charge is 0.370 e. The molecule has 1 N–H and O–H groups in total. The molecule has 0 spiro atoms. The number of nitrogens with zero attached hydrogens (tertiary/aromatic N) is 3. The second-order valence-electron chi connectivity index (χ2n) is 4.79. The van der Waals surface area contributed by atoms with Gasteiger partial charge in [-0.2, -0.15) is 4.98 Å². The van der Waals surface area contributed by atoms with E-state index in [2.05, 4.69) is 41.0 Å². The van der Waals surface area contributed by atoms with E-state index in [1.165, 1.54) is 12.8 Å². The lowest BCUT2D eigenvalue weighted by Crippen LogP contribution is -2.21. The van der Waals surface area contributed by atoms with E-state index in [1.54, 1.807) is 0 Å². The van der Waals surface area contributed by atoms with Gasteiger partial charge in [0.15, 0.2) is 0 Å². The molecule has 4 nitrogen and oxygen atoms in total. The Morgan fingerprint density at radius 1 is 1.41 bits per heavy atom. The van der Waals surface area contributed by atoms with E-state index in [0.29, 0.717) is 5.92 Å². The van der Waals surface area contributed by atoms with Gasteiger partial charge in [0.2, 0.25) is 5.95 Å². The highest BCUT2D eigenvalue weighted by Gasteiger charge is 2.04. The van der Waals surface area contributed by atoms with Gasteiger partial charge in [-0.3, -0.25) is 0 Å². The lowest BCUT2D eigenvalue weighted by atomic mass is 10.2. The first kappa shape index (κ1) is 13.7. The molecule has 1 heterocycles. The summed E-state index contributed by atoms with van der Waals surface area (Å²) in [4.78, 5) is 10.9. The summed E-state index contributed by atoms with van der Waals surface area (Å²) in [5, 5.41) is 3.32. The van der Waals surface area contributed by atoms with Crippen LogP contribution < -0.4 is 10.2 Å². The van der Waals surface area contributed by atoms with Crippen LogP contribution in [0.1, 0.15) is 33.6 Å². The Hall–Kier alpha value is -1.32. The zero-order valence-electron chi connectivity index (χ0n) is 11.4. The fourth-order valence-electron chi connectivity index (χ4n) is 1.43. The van der Waals surface area contributed by atoms with E-state index in [9.17, 15) is 0 Å². The van der Waals surface area contributed by atoms with Crippen molar-refractivity contribution in [2.24, 2.45) is 5.92 Å². The van der Waals surface area contributed by atoms with Gasteiger partial charge in [0.1, 0.15) is 5.82 Å². The number of hydrogen-bond donors (Lipinski definition) is 1. The summed E-state index contributed by atoms with van der Waals surface area (Å²) < 4.78 is 0. The van der Waals surface area contributed by atoms with Gasteiger partial charge >= 0.3 is 0 Å². The molecular weight excluding hydrogens is 212 g/mol. The van der Waals surface area contributed by atoms with Crippen LogP contribution in [0.2, 0.25) is 0 Å². The number of anilines is 2. The Morgan fingerprint density at radius 3 is 2.82 bits per heavy atom. The minimum absolute atomic E-state index is 0.617. The molecule has 0 aliphatic carbocycles. The minimum atomic E-state index is 0.617. The number of unbranched alkanes of at least 4 members (excludes halogenated alkanes) is 1. The normalized spacial score (nSPS) is 10.6. The van der Waals surface area contributed by atoms with Crippen molar-refractivity contribution in [1.29, 1.82) is 0 Å². The van der Waals surface area contributed by atoms with Crippen LogP contribution in [-0.2, 0) is 0 Å². The van der Waals surface area contributed by atoms with Gasteiger partial charge in [-0.05, 0) is 18.4 Å². The highest BCUT2D eigenvalue weighted by atomic mass is 15.2. The molecule has 0 atom stereocenters. The fraction of sp³-hybridized carbons (Fsp3) is 0.692. The molecule has 0 saturated heterocycles. The van der Waals surface area contributed by atoms with Gasteiger partial charge in [0, 0.05) is 26.3 Å². The van der Waals surface area contributed by atoms with Crippen LogP contribution >= 0.6 is 0 Å². The molecule has 0 fully saturated rings. The van der Waals surface area contributed by atoms with Gasteiger partial charge in [-0.15, -0.1) is 0 Å². The van der Waals surface area contributed by atoms with Crippen molar-refractivity contribution in [2.75, 3.05) is 30.4 Å². The molecule has 96 valence electrons. The smallest absolute Gasteiger partial charge is 0.226 e. The SMILES string of the molecule is CCCCN(C)c1nccc(NCC(C)C)n1. The summed E-state index contributed by atoms with van der Waals surface area (Å²) in [5.41, 5.74) is 0. The Kier molecular flexibility index (Phi) is 5.73. The van der Waals surface area contributed by atoms with Crippen molar-refractivity contribution in [1.82, 2.24) is 9.97 Å². The van der Waals surface area contributed by atoms with Gasteiger partial charge in [0.05, 0.1) is 0 Å². The van der Waals surface area contributed by atoms with Crippen molar-refractivity contribution in [3.05, 3.63) is 12.3 Å². The monoisotopic (exact) mass is 236 g/mol. The third-order valence-electron chi connectivity index (χ3n) is 2.52. The van der Waals surface area contributed by atoms with Crippen LogP contribution in [0.3, 0.4) is 0 Å². The quantitative estimate of drug-likeness (QED) is 0.790.